The Balaban J connectivity index is 2.16. The molecule has 0 spiro atoms. The van der Waals surface area contributed by atoms with Gasteiger partial charge in [0.1, 0.15) is 5.54 Å². The van der Waals surface area contributed by atoms with Crippen LogP contribution in [0.4, 0.5) is 5.69 Å². The Morgan fingerprint density at radius 2 is 1.95 bits per heavy atom. The highest BCUT2D eigenvalue weighted by Crippen LogP contribution is 2.33. The second kappa shape index (κ2) is 6.48. The number of amides is 2. The van der Waals surface area contributed by atoms with Crippen LogP contribution in [-0.4, -0.2) is 17.4 Å². The van der Waals surface area contributed by atoms with Gasteiger partial charge in [-0.2, -0.15) is 0 Å². The molecule has 1 aromatic rings. The van der Waals surface area contributed by atoms with E-state index in [9.17, 15) is 9.59 Å². The zero-order chi connectivity index (χ0) is 15.5. The Morgan fingerprint density at radius 3 is 2.52 bits per heavy atom. The maximum atomic E-state index is 12.7. The number of carbonyl (C=O) groups excluding carboxylic acids is 2. The van der Waals surface area contributed by atoms with E-state index < -0.39 is 5.54 Å². The molecule has 114 valence electrons. The first-order chi connectivity index (χ1) is 9.91. The van der Waals surface area contributed by atoms with Gasteiger partial charge in [-0.25, -0.2) is 0 Å². The van der Waals surface area contributed by atoms with Gasteiger partial charge < -0.3 is 10.6 Å². The molecule has 0 heterocycles. The van der Waals surface area contributed by atoms with Gasteiger partial charge in [0.2, 0.25) is 11.8 Å². The van der Waals surface area contributed by atoms with Crippen LogP contribution in [0.5, 0.6) is 0 Å². The molecule has 2 rings (SSSR count). The number of nitrogens with one attached hydrogen (secondary N) is 2. The number of hydrogen-bond acceptors (Lipinski definition) is 2. The van der Waals surface area contributed by atoms with E-state index in [1.165, 1.54) is 6.92 Å². The summed E-state index contributed by atoms with van der Waals surface area (Å²) in [5, 5.41) is 6.31. The monoisotopic (exact) mass is 308 g/mol. The molecule has 2 N–H and O–H groups in total. The minimum absolute atomic E-state index is 0.160. The van der Waals surface area contributed by atoms with Crippen LogP contribution < -0.4 is 10.6 Å². The Morgan fingerprint density at radius 1 is 1.29 bits per heavy atom. The lowest BCUT2D eigenvalue weighted by Gasteiger charge is -2.38. The van der Waals surface area contributed by atoms with Crippen LogP contribution in [0.2, 0.25) is 5.02 Å². The van der Waals surface area contributed by atoms with Gasteiger partial charge in [-0.1, -0.05) is 24.6 Å². The maximum Gasteiger partial charge on any atom is 0.250 e. The number of carbonyl (C=O) groups is 2. The zero-order valence-corrected chi connectivity index (χ0v) is 13.2. The number of hydrogen-bond donors (Lipinski definition) is 2. The summed E-state index contributed by atoms with van der Waals surface area (Å²) in [5.41, 5.74) is -0.156. The second-order valence-corrected chi connectivity index (χ2v) is 6.35. The SMILES string of the molecule is CC(=O)NC1(C(=O)Nc2cccc(Cl)c2)CCC(C)CC1. The molecular weight excluding hydrogens is 288 g/mol. The zero-order valence-electron chi connectivity index (χ0n) is 12.4. The minimum Gasteiger partial charge on any atom is -0.342 e. The molecule has 0 saturated heterocycles. The van der Waals surface area contributed by atoms with Crippen molar-refractivity contribution in [2.45, 2.75) is 45.1 Å². The van der Waals surface area contributed by atoms with Gasteiger partial charge in [-0.15, -0.1) is 0 Å². The van der Waals surface area contributed by atoms with Gasteiger partial charge in [-0.3, -0.25) is 9.59 Å². The standard InChI is InChI=1S/C16H21ClN2O2/c1-11-6-8-16(9-7-11,19-12(2)20)15(21)18-14-5-3-4-13(17)10-14/h3-5,10-11H,6-9H2,1-2H3,(H,18,21)(H,19,20). The van der Waals surface area contributed by atoms with E-state index in [4.69, 9.17) is 11.6 Å². The number of halogens is 1. The van der Waals surface area contributed by atoms with Crippen LogP contribution in [0.15, 0.2) is 24.3 Å². The topological polar surface area (TPSA) is 58.2 Å². The molecule has 1 aromatic carbocycles. The molecule has 1 fully saturated rings. The Hall–Kier alpha value is -1.55. The molecule has 0 atom stereocenters. The Labute approximate surface area is 130 Å². The van der Waals surface area contributed by atoms with Crippen LogP contribution in [0.25, 0.3) is 0 Å². The van der Waals surface area contributed by atoms with Crippen molar-refractivity contribution >= 4 is 29.1 Å². The Kier molecular flexibility index (Phi) is 4.88. The smallest absolute Gasteiger partial charge is 0.250 e. The van der Waals surface area contributed by atoms with Crippen molar-refractivity contribution in [2.24, 2.45) is 5.92 Å². The van der Waals surface area contributed by atoms with Crippen molar-refractivity contribution in [2.75, 3.05) is 5.32 Å². The van der Waals surface area contributed by atoms with Crippen molar-refractivity contribution in [3.05, 3.63) is 29.3 Å². The normalized spacial score (nSPS) is 25.2. The van der Waals surface area contributed by atoms with E-state index in [2.05, 4.69) is 17.6 Å². The van der Waals surface area contributed by atoms with E-state index in [0.29, 0.717) is 29.5 Å². The number of benzene rings is 1. The lowest BCUT2D eigenvalue weighted by Crippen LogP contribution is -2.57. The summed E-state index contributed by atoms with van der Waals surface area (Å²) >= 11 is 5.93. The predicted octanol–water partition coefficient (Wildman–Crippen LogP) is 3.36. The molecule has 21 heavy (non-hydrogen) atoms. The average Bonchev–Trinajstić information content (AvgIpc) is 2.41. The first-order valence-corrected chi connectivity index (χ1v) is 7.65. The highest BCUT2D eigenvalue weighted by Gasteiger charge is 2.41. The lowest BCUT2D eigenvalue weighted by atomic mass is 9.76. The lowest BCUT2D eigenvalue weighted by molar-refractivity contribution is -0.131. The molecule has 0 radical (unpaired) electrons. The van der Waals surface area contributed by atoms with Gasteiger partial charge in [-0.05, 0) is 49.8 Å². The van der Waals surface area contributed by atoms with E-state index in [1.54, 1.807) is 24.3 Å². The summed E-state index contributed by atoms with van der Waals surface area (Å²) in [6, 6.07) is 7.03. The van der Waals surface area contributed by atoms with Crippen LogP contribution >= 0.6 is 11.6 Å². The fourth-order valence-electron chi connectivity index (χ4n) is 2.82. The first kappa shape index (κ1) is 15.8. The molecule has 0 aromatic heterocycles. The maximum absolute atomic E-state index is 12.7. The molecule has 4 nitrogen and oxygen atoms in total. The summed E-state index contributed by atoms with van der Waals surface area (Å²) in [6.07, 6.45) is 3.20. The molecule has 5 heteroatoms. The molecule has 0 bridgehead atoms. The molecule has 0 aliphatic heterocycles. The van der Waals surface area contributed by atoms with Crippen LogP contribution in [0.3, 0.4) is 0 Å². The van der Waals surface area contributed by atoms with Gasteiger partial charge in [0, 0.05) is 17.6 Å². The fourth-order valence-corrected chi connectivity index (χ4v) is 3.01. The number of anilines is 1. The number of rotatable bonds is 3. The highest BCUT2D eigenvalue weighted by atomic mass is 35.5. The third-order valence-electron chi connectivity index (χ3n) is 4.06. The van der Waals surface area contributed by atoms with Crippen LogP contribution in [-0.2, 0) is 9.59 Å². The van der Waals surface area contributed by atoms with Crippen LogP contribution in [0, 0.1) is 5.92 Å². The van der Waals surface area contributed by atoms with Gasteiger partial charge in [0.05, 0.1) is 0 Å². The second-order valence-electron chi connectivity index (χ2n) is 5.91. The molecule has 2 amide bonds. The van der Waals surface area contributed by atoms with Crippen molar-refractivity contribution in [3.63, 3.8) is 0 Å². The van der Waals surface area contributed by atoms with E-state index >= 15 is 0 Å². The molecule has 1 saturated carbocycles. The largest absolute Gasteiger partial charge is 0.342 e. The summed E-state index contributed by atoms with van der Waals surface area (Å²) in [4.78, 5) is 24.2. The fraction of sp³-hybridized carbons (Fsp3) is 0.500. The van der Waals surface area contributed by atoms with Crippen molar-refractivity contribution in [1.29, 1.82) is 0 Å². The van der Waals surface area contributed by atoms with Gasteiger partial charge in [0.25, 0.3) is 0 Å². The van der Waals surface area contributed by atoms with Gasteiger partial charge in [0.15, 0.2) is 0 Å². The van der Waals surface area contributed by atoms with E-state index in [1.807, 2.05) is 0 Å². The van der Waals surface area contributed by atoms with Crippen molar-refractivity contribution < 1.29 is 9.59 Å². The summed E-state index contributed by atoms with van der Waals surface area (Å²) in [6.45, 7) is 3.62. The first-order valence-electron chi connectivity index (χ1n) is 7.27. The van der Waals surface area contributed by atoms with Crippen molar-refractivity contribution in [3.8, 4) is 0 Å². The third kappa shape index (κ3) is 3.97. The minimum atomic E-state index is -0.805. The third-order valence-corrected chi connectivity index (χ3v) is 4.30. The van der Waals surface area contributed by atoms with E-state index in [0.717, 1.165) is 12.8 Å². The van der Waals surface area contributed by atoms with Crippen LogP contribution in [0.1, 0.15) is 39.5 Å². The summed E-state index contributed by atoms with van der Waals surface area (Å²) in [5.74, 6) is 0.253. The summed E-state index contributed by atoms with van der Waals surface area (Å²) in [7, 11) is 0. The van der Waals surface area contributed by atoms with E-state index in [-0.39, 0.29) is 11.8 Å². The van der Waals surface area contributed by atoms with Crippen molar-refractivity contribution in [1.82, 2.24) is 5.32 Å². The molecule has 1 aliphatic carbocycles. The molecule has 0 unspecified atom stereocenters. The quantitative estimate of drug-likeness (QED) is 0.899. The molecular formula is C16H21ClN2O2. The molecule has 1 aliphatic rings. The predicted molar refractivity (Wildman–Crippen MR) is 84.3 cm³/mol. The van der Waals surface area contributed by atoms with Gasteiger partial charge >= 0.3 is 0 Å². The Bertz CT molecular complexity index is 537. The average molecular weight is 309 g/mol. The highest BCUT2D eigenvalue weighted by molar-refractivity contribution is 6.30. The summed E-state index contributed by atoms with van der Waals surface area (Å²) < 4.78 is 0.